The van der Waals surface area contributed by atoms with Crippen molar-refractivity contribution in [1.29, 1.82) is 0 Å². The van der Waals surface area contributed by atoms with Crippen molar-refractivity contribution in [2.45, 2.75) is 19.0 Å². The number of thioether (sulfide) groups is 1. The average molecular weight is 451 g/mol. The number of hydrogen-bond donors (Lipinski definition) is 1. The Morgan fingerprint density at radius 2 is 1.94 bits per heavy atom. The summed E-state index contributed by atoms with van der Waals surface area (Å²) < 4.78 is 7.38. The fourth-order valence-corrected chi connectivity index (χ4v) is 4.64. The lowest BCUT2D eigenvalue weighted by Gasteiger charge is -2.14. The molecule has 2 heterocycles. The Hall–Kier alpha value is -3.10. The van der Waals surface area contributed by atoms with Crippen LogP contribution in [0.1, 0.15) is 11.3 Å². The molecule has 0 fully saturated rings. The smallest absolute Gasteiger partial charge is 0.236 e. The first-order chi connectivity index (χ1) is 15.0. The van der Waals surface area contributed by atoms with Gasteiger partial charge in [0.05, 0.1) is 36.1 Å². The Morgan fingerprint density at radius 3 is 2.61 bits per heavy atom. The molecule has 4 rings (SSSR count). The van der Waals surface area contributed by atoms with Crippen LogP contribution in [0.25, 0.3) is 16.9 Å². The van der Waals surface area contributed by atoms with Gasteiger partial charge in [0, 0.05) is 10.9 Å². The van der Waals surface area contributed by atoms with Crippen LogP contribution >= 0.6 is 23.1 Å². The number of ether oxygens (including phenoxy) is 1. The van der Waals surface area contributed by atoms with Crippen molar-refractivity contribution < 1.29 is 9.53 Å². The van der Waals surface area contributed by atoms with Crippen molar-refractivity contribution in [3.05, 3.63) is 71.4 Å². The van der Waals surface area contributed by atoms with Crippen LogP contribution < -0.4 is 10.1 Å². The fourth-order valence-electron chi connectivity index (χ4n) is 3.15. The van der Waals surface area contributed by atoms with Gasteiger partial charge in [0.1, 0.15) is 5.75 Å². The minimum absolute atomic E-state index is 0.107. The summed E-state index contributed by atoms with van der Waals surface area (Å²) in [4.78, 5) is 21.4. The molecule has 0 unspecified atom stereocenters. The molecule has 0 atom stereocenters. The Bertz CT molecular complexity index is 1200. The number of benzene rings is 2. The maximum absolute atomic E-state index is 12.4. The molecule has 0 radical (unpaired) electrons. The number of imidazole rings is 1. The van der Waals surface area contributed by atoms with E-state index in [9.17, 15) is 4.79 Å². The average Bonchev–Trinajstić information content (AvgIpc) is 3.38. The van der Waals surface area contributed by atoms with Gasteiger partial charge in [-0.05, 0) is 49.7 Å². The van der Waals surface area contributed by atoms with Gasteiger partial charge >= 0.3 is 0 Å². The molecule has 1 amide bonds. The van der Waals surface area contributed by atoms with Gasteiger partial charge in [0.2, 0.25) is 5.91 Å². The maximum Gasteiger partial charge on any atom is 0.236 e. The van der Waals surface area contributed by atoms with E-state index in [0.29, 0.717) is 5.13 Å². The van der Waals surface area contributed by atoms with E-state index in [1.807, 2.05) is 54.9 Å². The molecular weight excluding hydrogens is 428 g/mol. The first-order valence-electron chi connectivity index (χ1n) is 9.68. The number of aromatic nitrogens is 3. The largest absolute Gasteiger partial charge is 0.497 e. The van der Waals surface area contributed by atoms with E-state index in [1.165, 1.54) is 23.1 Å². The van der Waals surface area contributed by atoms with Crippen LogP contribution in [-0.2, 0) is 4.79 Å². The monoisotopic (exact) mass is 450 g/mol. The number of nitrogens with one attached hydrogen (secondary N) is 1. The molecule has 2 aromatic heterocycles. The summed E-state index contributed by atoms with van der Waals surface area (Å²) in [5, 5.41) is 6.13. The number of carbonyl (C=O) groups is 1. The molecule has 0 saturated carbocycles. The van der Waals surface area contributed by atoms with Crippen LogP contribution in [0.2, 0.25) is 0 Å². The zero-order valence-electron chi connectivity index (χ0n) is 17.5. The van der Waals surface area contributed by atoms with Crippen molar-refractivity contribution in [1.82, 2.24) is 14.5 Å². The molecule has 6 nitrogen and oxygen atoms in total. The predicted octanol–water partition coefficient (Wildman–Crippen LogP) is 5.35. The number of amides is 1. The highest BCUT2D eigenvalue weighted by atomic mass is 32.2. The minimum atomic E-state index is -0.107. The molecule has 0 spiro atoms. The van der Waals surface area contributed by atoms with Gasteiger partial charge < -0.3 is 10.1 Å². The second-order valence-electron chi connectivity index (χ2n) is 6.91. The zero-order valence-corrected chi connectivity index (χ0v) is 19.1. The van der Waals surface area contributed by atoms with Gasteiger partial charge in [0.15, 0.2) is 10.3 Å². The van der Waals surface area contributed by atoms with Gasteiger partial charge in [-0.25, -0.2) is 9.97 Å². The number of thiazole rings is 1. The summed E-state index contributed by atoms with van der Waals surface area (Å²) in [7, 11) is 1.65. The number of para-hydroxylation sites is 1. The summed E-state index contributed by atoms with van der Waals surface area (Å²) in [5.41, 5.74) is 5.03. The van der Waals surface area contributed by atoms with Crippen molar-refractivity contribution in [2.24, 2.45) is 0 Å². The molecule has 2 aromatic carbocycles. The molecule has 0 aliphatic heterocycles. The van der Waals surface area contributed by atoms with E-state index in [2.05, 4.69) is 38.9 Å². The molecule has 1 N–H and O–H groups in total. The summed E-state index contributed by atoms with van der Waals surface area (Å²) >= 11 is 2.82. The molecule has 4 aromatic rings. The summed E-state index contributed by atoms with van der Waals surface area (Å²) in [6, 6.07) is 16.0. The van der Waals surface area contributed by atoms with Gasteiger partial charge in [-0.3, -0.25) is 9.36 Å². The van der Waals surface area contributed by atoms with Crippen LogP contribution in [0, 0.1) is 13.8 Å². The Morgan fingerprint density at radius 1 is 1.16 bits per heavy atom. The summed E-state index contributed by atoms with van der Waals surface area (Å²) in [6.07, 6.45) is 1.85. The SMILES string of the molecule is COc1ccc(-c2cnc(SCC(=O)Nc3nc(C)cs3)n2-c2ccccc2C)cc1. The van der Waals surface area contributed by atoms with Crippen molar-refractivity contribution >= 4 is 34.1 Å². The van der Waals surface area contributed by atoms with E-state index in [-0.39, 0.29) is 11.7 Å². The van der Waals surface area contributed by atoms with Gasteiger partial charge in [-0.15, -0.1) is 11.3 Å². The number of rotatable bonds is 7. The van der Waals surface area contributed by atoms with Crippen LogP contribution in [-0.4, -0.2) is 33.3 Å². The van der Waals surface area contributed by atoms with E-state index < -0.39 is 0 Å². The second-order valence-corrected chi connectivity index (χ2v) is 8.71. The quantitative estimate of drug-likeness (QED) is 0.384. The third kappa shape index (κ3) is 4.81. The van der Waals surface area contributed by atoms with Gasteiger partial charge in [0.25, 0.3) is 0 Å². The highest BCUT2D eigenvalue weighted by molar-refractivity contribution is 7.99. The van der Waals surface area contributed by atoms with Crippen molar-refractivity contribution in [2.75, 3.05) is 18.2 Å². The van der Waals surface area contributed by atoms with E-state index in [4.69, 9.17) is 4.74 Å². The normalized spacial score (nSPS) is 10.8. The lowest BCUT2D eigenvalue weighted by Crippen LogP contribution is -2.14. The fraction of sp³-hybridized carbons (Fsp3) is 0.174. The van der Waals surface area contributed by atoms with Crippen LogP contribution in [0.15, 0.2) is 65.3 Å². The third-order valence-corrected chi connectivity index (χ3v) is 6.50. The zero-order chi connectivity index (χ0) is 21.8. The number of nitrogens with zero attached hydrogens (tertiary/aromatic N) is 3. The second kappa shape index (κ2) is 9.36. The van der Waals surface area contributed by atoms with E-state index >= 15 is 0 Å². The Kier molecular flexibility index (Phi) is 6.39. The highest BCUT2D eigenvalue weighted by Crippen LogP contribution is 2.32. The minimum Gasteiger partial charge on any atom is -0.497 e. The maximum atomic E-state index is 12.4. The molecule has 0 aliphatic rings. The number of carbonyl (C=O) groups excluding carboxylic acids is 1. The highest BCUT2D eigenvalue weighted by Gasteiger charge is 2.17. The first kappa shape index (κ1) is 21.1. The van der Waals surface area contributed by atoms with Gasteiger partial charge in [-0.2, -0.15) is 0 Å². The standard InChI is InChI=1S/C23H22N4O2S2/c1-15-6-4-5-7-19(15)27-20(17-8-10-18(29-3)11-9-17)12-24-23(27)31-14-21(28)26-22-25-16(2)13-30-22/h4-13H,14H2,1-3H3,(H,25,26,28). The number of methoxy groups -OCH3 is 1. The van der Waals surface area contributed by atoms with Gasteiger partial charge in [-0.1, -0.05) is 30.0 Å². The molecule has 8 heteroatoms. The Balaban J connectivity index is 1.63. The molecule has 31 heavy (non-hydrogen) atoms. The first-order valence-corrected chi connectivity index (χ1v) is 11.5. The van der Waals surface area contributed by atoms with Crippen LogP contribution in [0.4, 0.5) is 5.13 Å². The molecule has 158 valence electrons. The summed E-state index contributed by atoms with van der Waals surface area (Å²) in [6.45, 7) is 3.97. The summed E-state index contributed by atoms with van der Waals surface area (Å²) in [5.74, 6) is 0.933. The van der Waals surface area contributed by atoms with Crippen LogP contribution in [0.3, 0.4) is 0 Å². The molecule has 0 bridgehead atoms. The third-order valence-electron chi connectivity index (χ3n) is 4.67. The lowest BCUT2D eigenvalue weighted by atomic mass is 10.1. The lowest BCUT2D eigenvalue weighted by molar-refractivity contribution is -0.113. The molecule has 0 aliphatic carbocycles. The predicted molar refractivity (Wildman–Crippen MR) is 126 cm³/mol. The molecule has 0 saturated heterocycles. The number of aryl methyl sites for hydroxylation is 2. The topological polar surface area (TPSA) is 69.0 Å². The van der Waals surface area contributed by atoms with E-state index in [0.717, 1.165) is 39.1 Å². The Labute approximate surface area is 189 Å². The van der Waals surface area contributed by atoms with Crippen LogP contribution in [0.5, 0.6) is 5.75 Å². The number of anilines is 1. The van der Waals surface area contributed by atoms with Crippen molar-refractivity contribution in [3.8, 4) is 22.7 Å². The van der Waals surface area contributed by atoms with Crippen molar-refractivity contribution in [3.63, 3.8) is 0 Å². The molecular formula is C23H22N4O2S2. The number of hydrogen-bond acceptors (Lipinski definition) is 6. The van der Waals surface area contributed by atoms with E-state index in [1.54, 1.807) is 7.11 Å².